The van der Waals surface area contributed by atoms with Crippen LogP contribution in [0.3, 0.4) is 0 Å². The number of nitrogens with one attached hydrogen (secondary N) is 1. The van der Waals surface area contributed by atoms with E-state index in [9.17, 15) is 22.8 Å². The number of carbonyl (C=O) groups is 4. The predicted octanol–water partition coefficient (Wildman–Crippen LogP) is 7.77. The molecule has 0 radical (unpaired) electrons. The van der Waals surface area contributed by atoms with Gasteiger partial charge in [-0.3, -0.25) is 23.9 Å². The summed E-state index contributed by atoms with van der Waals surface area (Å²) in [5, 5.41) is 1.37. The molecule has 15 heteroatoms. The molecule has 2 saturated carbocycles. The first-order valence-corrected chi connectivity index (χ1v) is 23.9. The zero-order chi connectivity index (χ0) is 48.9. The Morgan fingerprint density at radius 1 is 1.09 bits per heavy atom. The highest BCUT2D eigenvalue weighted by Crippen LogP contribution is 2.58. The van der Waals surface area contributed by atoms with Crippen LogP contribution in [0.5, 0.6) is 17.5 Å². The average Bonchev–Trinajstić information content (AvgIpc) is 4.13. The molecule has 1 N–H and O–H groups in total. The number of esters is 1. The van der Waals surface area contributed by atoms with Crippen LogP contribution in [-0.2, 0) is 33.9 Å². The van der Waals surface area contributed by atoms with Crippen LogP contribution in [0.15, 0.2) is 54.7 Å². The minimum atomic E-state index is -4.03. The van der Waals surface area contributed by atoms with Gasteiger partial charge in [0, 0.05) is 40.2 Å². The summed E-state index contributed by atoms with van der Waals surface area (Å²) in [5.41, 5.74) is -2.01. The van der Waals surface area contributed by atoms with Crippen molar-refractivity contribution in [1.82, 2.24) is 19.6 Å². The normalized spacial score (nSPS) is 28.6. The van der Waals surface area contributed by atoms with Crippen LogP contribution >= 0.6 is 0 Å². The fourth-order valence-corrected chi connectivity index (χ4v) is 10.5. The Bertz CT molecular complexity index is 2530. The van der Waals surface area contributed by atoms with Gasteiger partial charge in [0.15, 0.2) is 5.78 Å². The third-order valence-corrected chi connectivity index (χ3v) is 15.4. The Hall–Kier alpha value is -5.05. The Morgan fingerprint density at radius 2 is 1.86 bits per heavy atom. The standard InChI is InChI=1S/C49H64N4O10S/c1-29(2)61-42-17-14-32(27-50-42)39-22-33-21-35(60-9)15-16-37(33)44(51-39)62-36-23-40-41(54)26-49(46(57)52-64(58,59)48(8)18-19-48)25-34(49)13-11-10-12-30(3)20-31(4)38(45(56)53(40)28-36)24-43(55)63-47(5,6)7/h11,13-17,21-22,27,29-31,34,36,38,40H,10,12,18-20,23-26,28H2,1-9H3,(H,52,57)/b13-11-/t30-,31-,34-,36-,38+,40+,49-/m1/s1/i5D3. The molecule has 4 heterocycles. The lowest BCUT2D eigenvalue weighted by Gasteiger charge is -2.32. The zero-order valence-corrected chi connectivity index (χ0v) is 39.0. The fourth-order valence-electron chi connectivity index (χ4n) is 9.16. The molecule has 2 aromatic heterocycles. The maximum absolute atomic E-state index is 15.2. The van der Waals surface area contributed by atoms with Crippen LogP contribution in [0.2, 0.25) is 0 Å². The quantitative estimate of drug-likeness (QED) is 0.146. The smallest absolute Gasteiger partial charge is 0.307 e. The van der Waals surface area contributed by atoms with Crippen molar-refractivity contribution in [3.8, 4) is 28.8 Å². The van der Waals surface area contributed by atoms with Crippen molar-refractivity contribution >= 4 is 44.4 Å². The number of aromatic nitrogens is 2. The summed E-state index contributed by atoms with van der Waals surface area (Å²) in [4.78, 5) is 68.9. The second-order valence-corrected chi connectivity index (χ2v) is 21.7. The van der Waals surface area contributed by atoms with E-state index in [1.807, 2.05) is 57.2 Å². The second-order valence-electron chi connectivity index (χ2n) is 19.5. The lowest BCUT2D eigenvalue weighted by Crippen LogP contribution is -2.48. The molecule has 4 aliphatic rings. The molecule has 2 aliphatic heterocycles. The number of ketones is 1. The Balaban J connectivity index is 1.26. The van der Waals surface area contributed by atoms with E-state index in [0.717, 1.165) is 11.8 Å². The highest BCUT2D eigenvalue weighted by atomic mass is 32.2. The molecule has 0 unspecified atom stereocenters. The number of Topliss-reactive ketones (excluding diaryl/α,β-unsaturated/α-hetero) is 1. The number of amides is 2. The fraction of sp³-hybridized carbons (Fsp3) is 0.592. The molecular weight excluding hydrogens is 837 g/mol. The number of sulfonamides is 1. The molecule has 346 valence electrons. The van der Waals surface area contributed by atoms with Gasteiger partial charge in [0.1, 0.15) is 17.5 Å². The molecule has 2 aliphatic carbocycles. The molecule has 3 fully saturated rings. The van der Waals surface area contributed by atoms with Crippen molar-refractivity contribution in [2.45, 2.75) is 142 Å². The number of hydrogen-bond acceptors (Lipinski definition) is 12. The number of pyridine rings is 2. The number of carbonyl (C=O) groups excluding carboxylic acids is 4. The lowest BCUT2D eigenvalue weighted by atomic mass is 9.82. The largest absolute Gasteiger partial charge is 0.497 e. The highest BCUT2D eigenvalue weighted by molar-refractivity contribution is 7.91. The van der Waals surface area contributed by atoms with E-state index in [-0.39, 0.29) is 43.7 Å². The van der Waals surface area contributed by atoms with Crippen molar-refractivity contribution in [3.63, 3.8) is 0 Å². The minimum Gasteiger partial charge on any atom is -0.497 e. The number of rotatable bonds is 11. The first-order valence-electron chi connectivity index (χ1n) is 23.9. The van der Waals surface area contributed by atoms with E-state index < -0.39 is 92.5 Å². The third kappa shape index (κ3) is 10.4. The van der Waals surface area contributed by atoms with Gasteiger partial charge in [-0.25, -0.2) is 18.4 Å². The van der Waals surface area contributed by atoms with Crippen LogP contribution in [0.1, 0.15) is 117 Å². The summed E-state index contributed by atoms with van der Waals surface area (Å²) in [6.07, 6.45) is 6.83. The number of benzene rings is 1. The highest BCUT2D eigenvalue weighted by Gasteiger charge is 2.62. The monoisotopic (exact) mass is 903 g/mol. The summed E-state index contributed by atoms with van der Waals surface area (Å²) in [6.45, 7) is 9.20. The van der Waals surface area contributed by atoms with Crippen LogP contribution in [0.4, 0.5) is 0 Å². The van der Waals surface area contributed by atoms with Crippen LogP contribution in [0, 0.1) is 29.1 Å². The number of nitrogens with zero attached hydrogens (tertiary/aromatic N) is 3. The van der Waals surface area contributed by atoms with Crippen molar-refractivity contribution in [2.24, 2.45) is 29.1 Å². The molecule has 7 atom stereocenters. The molecule has 1 aromatic carbocycles. The van der Waals surface area contributed by atoms with Gasteiger partial charge in [0.25, 0.3) is 0 Å². The van der Waals surface area contributed by atoms with Crippen molar-refractivity contribution in [1.29, 1.82) is 0 Å². The molecule has 3 aromatic rings. The summed E-state index contributed by atoms with van der Waals surface area (Å²) in [5.74, 6) is -3.04. The van der Waals surface area contributed by atoms with E-state index in [1.165, 1.54) is 18.7 Å². The molecule has 2 amide bonds. The summed E-state index contributed by atoms with van der Waals surface area (Å²) >= 11 is 0. The molecule has 0 bridgehead atoms. The summed E-state index contributed by atoms with van der Waals surface area (Å²) < 4.78 is 75.5. The van der Waals surface area contributed by atoms with Gasteiger partial charge in [-0.1, -0.05) is 26.0 Å². The SMILES string of the molecule is [2H]C([2H])([2H])C(C)(C)OC(=O)C[C@@H]1C(=O)N2C[C@H](Oc3nc(-c4ccc(OC(C)C)nc4)cc4cc(OC)ccc34)C[C@H]2C(=O)C[C@]2(C(=O)NS(=O)(=O)C3(C)CC3)C[C@H]2/C=C\CC[C@@H](C)C[C@H]1C. The topological polar surface area (TPSA) is 180 Å². The van der Waals surface area contributed by atoms with Crippen LogP contribution < -0.4 is 18.9 Å². The Kier molecular flexibility index (Phi) is 12.1. The maximum atomic E-state index is 15.2. The maximum Gasteiger partial charge on any atom is 0.307 e. The van der Waals surface area contributed by atoms with Gasteiger partial charge in [0.05, 0.1) is 54.0 Å². The molecule has 0 spiro atoms. The van der Waals surface area contributed by atoms with Gasteiger partial charge in [-0.05, 0) is 133 Å². The molecule has 14 nitrogen and oxygen atoms in total. The number of allylic oxidation sites excluding steroid dienone is 2. The number of hydrogen-bond donors (Lipinski definition) is 1. The second kappa shape index (κ2) is 18.1. The molecular formula is C49H64N4O10S. The number of fused-ring (bicyclic) bond motifs is 3. The van der Waals surface area contributed by atoms with Gasteiger partial charge in [-0.2, -0.15) is 0 Å². The van der Waals surface area contributed by atoms with Crippen molar-refractivity contribution in [3.05, 3.63) is 54.7 Å². The molecule has 7 rings (SSSR count). The van der Waals surface area contributed by atoms with Crippen molar-refractivity contribution < 1.29 is 50.7 Å². The molecule has 1 saturated heterocycles. The van der Waals surface area contributed by atoms with Crippen molar-refractivity contribution in [2.75, 3.05) is 13.7 Å². The zero-order valence-electron chi connectivity index (χ0n) is 41.1. The van der Waals surface area contributed by atoms with E-state index in [4.69, 9.17) is 28.0 Å². The third-order valence-electron chi connectivity index (χ3n) is 13.2. The van der Waals surface area contributed by atoms with E-state index >= 15 is 4.79 Å². The number of ether oxygens (including phenoxy) is 4. The molecule has 64 heavy (non-hydrogen) atoms. The lowest BCUT2D eigenvalue weighted by molar-refractivity contribution is -0.160. The summed E-state index contributed by atoms with van der Waals surface area (Å²) in [6, 6.07) is 9.76. The van der Waals surface area contributed by atoms with Crippen LogP contribution in [0.25, 0.3) is 22.0 Å². The van der Waals surface area contributed by atoms with Gasteiger partial charge < -0.3 is 23.8 Å². The Morgan fingerprint density at radius 3 is 2.53 bits per heavy atom. The Labute approximate surface area is 381 Å². The van der Waals surface area contributed by atoms with E-state index in [2.05, 4.69) is 16.6 Å². The van der Waals surface area contributed by atoms with Gasteiger partial charge >= 0.3 is 5.97 Å². The first kappa shape index (κ1) is 42.9. The van der Waals surface area contributed by atoms with Gasteiger partial charge in [0.2, 0.25) is 33.6 Å². The van der Waals surface area contributed by atoms with Gasteiger partial charge in [-0.15, -0.1) is 0 Å². The van der Waals surface area contributed by atoms with E-state index in [1.54, 1.807) is 32.4 Å². The minimum absolute atomic E-state index is 0.000469. The summed E-state index contributed by atoms with van der Waals surface area (Å²) in [7, 11) is -2.47. The average molecular weight is 904 g/mol. The number of methoxy groups -OCH3 is 1. The van der Waals surface area contributed by atoms with E-state index in [0.29, 0.717) is 54.0 Å². The first-order chi connectivity index (χ1) is 31.3. The predicted molar refractivity (Wildman–Crippen MR) is 242 cm³/mol. The van der Waals surface area contributed by atoms with Crippen LogP contribution in [-0.4, -0.2) is 89.1 Å².